The first-order chi connectivity index (χ1) is 7.55. The molecule has 0 aromatic rings. The average Bonchev–Trinajstić information content (AvgIpc) is 2.31. The Balaban J connectivity index is 4.15. The summed E-state index contributed by atoms with van der Waals surface area (Å²) in [5.41, 5.74) is 5.76. The van der Waals surface area contributed by atoms with Gasteiger partial charge in [0.2, 0.25) is 5.91 Å². The SMILES string of the molecule is CCC[C@H](N)C(=O)NCC(CC)(CC)SC. The van der Waals surface area contributed by atoms with E-state index in [1.54, 1.807) is 0 Å². The first-order valence-corrected chi connectivity index (χ1v) is 7.36. The summed E-state index contributed by atoms with van der Waals surface area (Å²) in [6.45, 7) is 7.09. The van der Waals surface area contributed by atoms with Crippen LogP contribution in [0.1, 0.15) is 46.5 Å². The molecule has 3 nitrogen and oxygen atoms in total. The predicted octanol–water partition coefficient (Wildman–Crippen LogP) is 2.15. The average molecular weight is 246 g/mol. The molecule has 0 unspecified atom stereocenters. The first kappa shape index (κ1) is 15.8. The van der Waals surface area contributed by atoms with E-state index in [1.165, 1.54) is 0 Å². The molecule has 0 aliphatic heterocycles. The van der Waals surface area contributed by atoms with Crippen LogP contribution >= 0.6 is 11.8 Å². The zero-order valence-corrected chi connectivity index (χ0v) is 11.8. The molecule has 0 heterocycles. The fourth-order valence-corrected chi connectivity index (χ4v) is 2.48. The lowest BCUT2D eigenvalue weighted by atomic mass is 10.0. The van der Waals surface area contributed by atoms with Crippen LogP contribution in [-0.2, 0) is 4.79 Å². The van der Waals surface area contributed by atoms with E-state index >= 15 is 0 Å². The maximum atomic E-state index is 11.7. The van der Waals surface area contributed by atoms with Gasteiger partial charge in [-0.15, -0.1) is 0 Å². The Morgan fingerprint density at radius 3 is 2.31 bits per heavy atom. The number of hydrogen-bond acceptors (Lipinski definition) is 3. The second kappa shape index (κ2) is 7.96. The van der Waals surface area contributed by atoms with Crippen LogP contribution in [0, 0.1) is 0 Å². The monoisotopic (exact) mass is 246 g/mol. The molecule has 1 amide bonds. The number of thioether (sulfide) groups is 1. The van der Waals surface area contributed by atoms with Crippen LogP contribution in [-0.4, -0.2) is 29.5 Å². The van der Waals surface area contributed by atoms with Gasteiger partial charge < -0.3 is 11.1 Å². The van der Waals surface area contributed by atoms with Gasteiger partial charge in [-0.05, 0) is 25.5 Å². The van der Waals surface area contributed by atoms with E-state index in [4.69, 9.17) is 5.73 Å². The van der Waals surface area contributed by atoms with Crippen LogP contribution in [0.2, 0.25) is 0 Å². The van der Waals surface area contributed by atoms with Crippen molar-refractivity contribution >= 4 is 17.7 Å². The van der Waals surface area contributed by atoms with Crippen LogP contribution in [0.5, 0.6) is 0 Å². The van der Waals surface area contributed by atoms with Crippen molar-refractivity contribution in [2.24, 2.45) is 5.73 Å². The standard InChI is InChI=1S/C12H26N2OS/c1-5-8-10(13)11(15)14-9-12(6-2,7-3)16-4/h10H,5-9,13H2,1-4H3,(H,14,15)/t10-/m0/s1. The van der Waals surface area contributed by atoms with E-state index in [0.29, 0.717) is 0 Å². The Hall–Kier alpha value is -0.220. The van der Waals surface area contributed by atoms with Crippen LogP contribution in [0.25, 0.3) is 0 Å². The zero-order chi connectivity index (χ0) is 12.6. The van der Waals surface area contributed by atoms with Gasteiger partial charge in [0.05, 0.1) is 6.04 Å². The zero-order valence-electron chi connectivity index (χ0n) is 11.0. The van der Waals surface area contributed by atoms with Crippen molar-refractivity contribution in [2.75, 3.05) is 12.8 Å². The molecular weight excluding hydrogens is 220 g/mol. The normalized spacial score (nSPS) is 13.6. The molecule has 0 radical (unpaired) electrons. The fraction of sp³-hybridized carbons (Fsp3) is 0.917. The summed E-state index contributed by atoms with van der Waals surface area (Å²) in [7, 11) is 0. The highest BCUT2D eigenvalue weighted by atomic mass is 32.2. The third-order valence-electron chi connectivity index (χ3n) is 3.24. The maximum absolute atomic E-state index is 11.7. The molecule has 0 fully saturated rings. The minimum absolute atomic E-state index is 0.0119. The lowest BCUT2D eigenvalue weighted by Gasteiger charge is -2.30. The van der Waals surface area contributed by atoms with Crippen molar-refractivity contribution in [3.8, 4) is 0 Å². The van der Waals surface area contributed by atoms with Crippen molar-refractivity contribution in [2.45, 2.75) is 57.2 Å². The topological polar surface area (TPSA) is 55.1 Å². The van der Waals surface area contributed by atoms with E-state index in [0.717, 1.165) is 32.2 Å². The highest BCUT2D eigenvalue weighted by molar-refractivity contribution is 8.00. The second-order valence-electron chi connectivity index (χ2n) is 4.21. The van der Waals surface area contributed by atoms with Gasteiger partial charge in [0.25, 0.3) is 0 Å². The molecule has 1 atom stereocenters. The number of hydrogen-bond donors (Lipinski definition) is 2. The van der Waals surface area contributed by atoms with Gasteiger partial charge in [-0.1, -0.05) is 27.2 Å². The van der Waals surface area contributed by atoms with E-state index in [-0.39, 0.29) is 16.7 Å². The molecular formula is C12H26N2OS. The summed E-state index contributed by atoms with van der Waals surface area (Å²) >= 11 is 1.83. The van der Waals surface area contributed by atoms with Gasteiger partial charge in [0, 0.05) is 11.3 Å². The van der Waals surface area contributed by atoms with Crippen LogP contribution in [0.3, 0.4) is 0 Å². The van der Waals surface area contributed by atoms with E-state index in [1.807, 2.05) is 18.7 Å². The van der Waals surface area contributed by atoms with Crippen molar-refractivity contribution in [1.82, 2.24) is 5.32 Å². The summed E-state index contributed by atoms with van der Waals surface area (Å²) in [6.07, 6.45) is 5.94. The molecule has 96 valence electrons. The van der Waals surface area contributed by atoms with Gasteiger partial charge in [-0.25, -0.2) is 0 Å². The van der Waals surface area contributed by atoms with Crippen molar-refractivity contribution in [3.63, 3.8) is 0 Å². The molecule has 0 spiro atoms. The van der Waals surface area contributed by atoms with Gasteiger partial charge in [0.1, 0.15) is 0 Å². The van der Waals surface area contributed by atoms with Crippen LogP contribution in [0.4, 0.5) is 0 Å². The molecule has 0 aliphatic rings. The van der Waals surface area contributed by atoms with Gasteiger partial charge >= 0.3 is 0 Å². The Morgan fingerprint density at radius 2 is 1.94 bits per heavy atom. The first-order valence-electron chi connectivity index (χ1n) is 6.13. The highest BCUT2D eigenvalue weighted by Gasteiger charge is 2.26. The lowest BCUT2D eigenvalue weighted by molar-refractivity contribution is -0.122. The fourth-order valence-electron chi connectivity index (χ4n) is 1.68. The molecule has 0 bridgehead atoms. The molecule has 0 aromatic heterocycles. The molecule has 0 aliphatic carbocycles. The van der Waals surface area contributed by atoms with Gasteiger partial charge in [-0.3, -0.25) is 4.79 Å². The second-order valence-corrected chi connectivity index (χ2v) is 5.48. The summed E-state index contributed by atoms with van der Waals surface area (Å²) in [4.78, 5) is 11.7. The summed E-state index contributed by atoms with van der Waals surface area (Å²) in [6, 6.07) is -0.349. The number of carbonyl (C=O) groups excluding carboxylic acids is 1. The molecule has 16 heavy (non-hydrogen) atoms. The largest absolute Gasteiger partial charge is 0.353 e. The van der Waals surface area contributed by atoms with E-state index < -0.39 is 0 Å². The van der Waals surface area contributed by atoms with Crippen molar-refractivity contribution in [1.29, 1.82) is 0 Å². The van der Waals surface area contributed by atoms with Crippen molar-refractivity contribution in [3.05, 3.63) is 0 Å². The Labute approximate surface area is 104 Å². The Bertz CT molecular complexity index is 197. The number of amides is 1. The smallest absolute Gasteiger partial charge is 0.236 e. The van der Waals surface area contributed by atoms with Gasteiger partial charge in [-0.2, -0.15) is 11.8 Å². The maximum Gasteiger partial charge on any atom is 0.236 e. The molecule has 0 rings (SSSR count). The summed E-state index contributed by atoms with van der Waals surface area (Å²) in [5, 5.41) is 2.98. The quantitative estimate of drug-likeness (QED) is 0.690. The minimum Gasteiger partial charge on any atom is -0.353 e. The number of carbonyl (C=O) groups is 1. The number of nitrogens with one attached hydrogen (secondary N) is 1. The number of rotatable bonds is 8. The molecule has 4 heteroatoms. The van der Waals surface area contributed by atoms with E-state index in [9.17, 15) is 4.79 Å². The lowest BCUT2D eigenvalue weighted by Crippen LogP contribution is -2.46. The summed E-state index contributed by atoms with van der Waals surface area (Å²) < 4.78 is 0.168. The van der Waals surface area contributed by atoms with Crippen LogP contribution < -0.4 is 11.1 Å². The van der Waals surface area contributed by atoms with Crippen LogP contribution in [0.15, 0.2) is 0 Å². The predicted molar refractivity (Wildman–Crippen MR) is 72.7 cm³/mol. The third-order valence-corrected chi connectivity index (χ3v) is 4.83. The Morgan fingerprint density at radius 1 is 1.38 bits per heavy atom. The van der Waals surface area contributed by atoms with Gasteiger partial charge in [0.15, 0.2) is 0 Å². The highest BCUT2D eigenvalue weighted by Crippen LogP contribution is 2.29. The van der Waals surface area contributed by atoms with E-state index in [2.05, 4.69) is 25.4 Å². The summed E-state index contributed by atoms with van der Waals surface area (Å²) in [5.74, 6) is -0.0119. The molecule has 3 N–H and O–H groups in total. The Kier molecular flexibility index (Phi) is 7.85. The third kappa shape index (κ3) is 4.74. The molecule has 0 saturated heterocycles. The van der Waals surface area contributed by atoms with Crippen molar-refractivity contribution < 1.29 is 4.79 Å². The molecule has 0 aromatic carbocycles. The number of nitrogens with two attached hydrogens (primary N) is 1. The molecule has 0 saturated carbocycles. The minimum atomic E-state index is -0.349.